The van der Waals surface area contributed by atoms with Crippen LogP contribution in [0.1, 0.15) is 37.3 Å². The van der Waals surface area contributed by atoms with E-state index in [0.717, 1.165) is 36.1 Å². The van der Waals surface area contributed by atoms with Crippen LogP contribution in [0.4, 0.5) is 5.69 Å². The van der Waals surface area contributed by atoms with Crippen LogP contribution in [0.3, 0.4) is 0 Å². The highest BCUT2D eigenvalue weighted by atomic mass is 16.5. The van der Waals surface area contributed by atoms with E-state index in [9.17, 15) is 14.4 Å². The molecule has 2 aliphatic heterocycles. The summed E-state index contributed by atoms with van der Waals surface area (Å²) in [7, 11) is 1.38. The molecule has 0 spiro atoms. The minimum atomic E-state index is -0.349. The van der Waals surface area contributed by atoms with Gasteiger partial charge in [-0.2, -0.15) is 0 Å². The van der Waals surface area contributed by atoms with E-state index in [0.29, 0.717) is 19.6 Å². The molecule has 0 aliphatic carbocycles. The van der Waals surface area contributed by atoms with Crippen LogP contribution in [0, 0.1) is 18.8 Å². The summed E-state index contributed by atoms with van der Waals surface area (Å²) in [6.45, 7) is 5.52. The third-order valence-corrected chi connectivity index (χ3v) is 5.71. The number of rotatable bonds is 4. The van der Waals surface area contributed by atoms with Gasteiger partial charge in [-0.05, 0) is 37.3 Å². The van der Waals surface area contributed by atoms with Gasteiger partial charge >= 0.3 is 5.97 Å². The second-order valence-electron chi connectivity index (χ2n) is 7.49. The van der Waals surface area contributed by atoms with Crippen molar-refractivity contribution in [2.45, 2.75) is 39.5 Å². The number of hydrogen-bond donors (Lipinski definition) is 0. The normalized spacial score (nSPS) is 22.9. The maximum absolute atomic E-state index is 13.0. The van der Waals surface area contributed by atoms with Crippen molar-refractivity contribution in [2.24, 2.45) is 11.8 Å². The second-order valence-corrected chi connectivity index (χ2v) is 7.49. The molecule has 1 aromatic carbocycles. The minimum absolute atomic E-state index is 0.00104. The average Bonchev–Trinajstić information content (AvgIpc) is 3.07. The summed E-state index contributed by atoms with van der Waals surface area (Å²) in [5.74, 6) is -0.892. The van der Waals surface area contributed by atoms with E-state index in [4.69, 9.17) is 4.74 Å². The number of anilines is 1. The first kappa shape index (κ1) is 19.4. The molecule has 0 bridgehead atoms. The number of esters is 1. The molecule has 2 heterocycles. The number of piperidine rings is 1. The third-order valence-electron chi connectivity index (χ3n) is 5.71. The van der Waals surface area contributed by atoms with E-state index in [1.807, 2.05) is 25.1 Å². The molecular weight excluding hydrogens is 344 g/mol. The van der Waals surface area contributed by atoms with E-state index in [1.54, 1.807) is 9.80 Å². The zero-order valence-corrected chi connectivity index (χ0v) is 16.4. The standard InChI is InChI=1S/C21H28N2O4/c1-4-15-8-5-7-14(2)19(15)23-13-17(11-18(23)24)20(25)22-10-6-9-16(12-22)21(26)27-3/h5,7-8,16-17H,4,6,9-13H2,1-3H3. The molecule has 146 valence electrons. The molecule has 2 atom stereocenters. The monoisotopic (exact) mass is 372 g/mol. The van der Waals surface area contributed by atoms with Crippen molar-refractivity contribution in [2.75, 3.05) is 31.6 Å². The molecule has 2 fully saturated rings. The number of amides is 2. The van der Waals surface area contributed by atoms with Crippen molar-refractivity contribution >= 4 is 23.5 Å². The molecule has 6 heteroatoms. The van der Waals surface area contributed by atoms with Gasteiger partial charge in [-0.15, -0.1) is 0 Å². The highest BCUT2D eigenvalue weighted by Crippen LogP contribution is 2.33. The second kappa shape index (κ2) is 8.11. The zero-order chi connectivity index (χ0) is 19.6. The Hall–Kier alpha value is -2.37. The highest BCUT2D eigenvalue weighted by Gasteiger charge is 2.40. The first-order valence-corrected chi connectivity index (χ1v) is 9.71. The molecule has 0 aromatic heterocycles. The molecule has 2 unspecified atom stereocenters. The van der Waals surface area contributed by atoms with Crippen LogP contribution < -0.4 is 4.90 Å². The third kappa shape index (κ3) is 3.84. The Morgan fingerprint density at radius 1 is 1.22 bits per heavy atom. The van der Waals surface area contributed by atoms with Gasteiger partial charge in [0, 0.05) is 31.7 Å². The summed E-state index contributed by atoms with van der Waals surface area (Å²) in [5.41, 5.74) is 3.13. The van der Waals surface area contributed by atoms with E-state index in [1.165, 1.54) is 7.11 Å². The number of para-hydroxylation sites is 1. The van der Waals surface area contributed by atoms with Gasteiger partial charge in [0.15, 0.2) is 0 Å². The molecule has 1 aromatic rings. The lowest BCUT2D eigenvalue weighted by atomic mass is 9.96. The summed E-state index contributed by atoms with van der Waals surface area (Å²) >= 11 is 0. The summed E-state index contributed by atoms with van der Waals surface area (Å²) in [6.07, 6.45) is 2.60. The van der Waals surface area contributed by atoms with Gasteiger partial charge in [-0.25, -0.2) is 0 Å². The first-order chi connectivity index (χ1) is 13.0. The summed E-state index contributed by atoms with van der Waals surface area (Å²) in [4.78, 5) is 41.1. The van der Waals surface area contributed by atoms with Crippen molar-refractivity contribution in [3.8, 4) is 0 Å². The van der Waals surface area contributed by atoms with Gasteiger partial charge in [-0.1, -0.05) is 25.1 Å². The molecule has 2 amide bonds. The van der Waals surface area contributed by atoms with Gasteiger partial charge in [0.1, 0.15) is 0 Å². The van der Waals surface area contributed by atoms with E-state index in [2.05, 4.69) is 6.92 Å². The number of ether oxygens (including phenoxy) is 1. The molecule has 2 aliphatic rings. The van der Waals surface area contributed by atoms with E-state index in [-0.39, 0.29) is 36.0 Å². The van der Waals surface area contributed by atoms with Crippen molar-refractivity contribution in [1.29, 1.82) is 0 Å². The van der Waals surface area contributed by atoms with Crippen LogP contribution in [0.15, 0.2) is 18.2 Å². The Labute approximate surface area is 160 Å². The Morgan fingerprint density at radius 3 is 2.70 bits per heavy atom. The maximum Gasteiger partial charge on any atom is 0.310 e. The minimum Gasteiger partial charge on any atom is -0.469 e. The number of carbonyl (C=O) groups is 3. The van der Waals surface area contributed by atoms with Crippen LogP contribution in [-0.2, 0) is 25.5 Å². The highest BCUT2D eigenvalue weighted by molar-refractivity contribution is 6.01. The van der Waals surface area contributed by atoms with Crippen LogP contribution in [0.5, 0.6) is 0 Å². The van der Waals surface area contributed by atoms with E-state index >= 15 is 0 Å². The quantitative estimate of drug-likeness (QED) is 0.761. The lowest BCUT2D eigenvalue weighted by molar-refractivity contribution is -0.149. The fraction of sp³-hybridized carbons (Fsp3) is 0.571. The largest absolute Gasteiger partial charge is 0.469 e. The number of hydrogen-bond acceptors (Lipinski definition) is 4. The molecule has 0 N–H and O–H groups in total. The van der Waals surface area contributed by atoms with Gasteiger partial charge in [0.2, 0.25) is 11.8 Å². The van der Waals surface area contributed by atoms with Crippen molar-refractivity contribution < 1.29 is 19.1 Å². The number of likely N-dealkylation sites (tertiary alicyclic amines) is 1. The van der Waals surface area contributed by atoms with E-state index < -0.39 is 0 Å². The fourth-order valence-electron chi connectivity index (χ4n) is 4.27. The Kier molecular flexibility index (Phi) is 5.82. The number of benzene rings is 1. The van der Waals surface area contributed by atoms with Crippen LogP contribution in [-0.4, -0.2) is 49.4 Å². The van der Waals surface area contributed by atoms with Crippen molar-refractivity contribution in [1.82, 2.24) is 4.90 Å². The SMILES string of the molecule is CCc1cccc(C)c1N1CC(C(=O)N2CCCC(C(=O)OC)C2)CC1=O. The molecule has 0 saturated carbocycles. The molecular formula is C21H28N2O4. The first-order valence-electron chi connectivity index (χ1n) is 9.71. The predicted octanol–water partition coefficient (Wildman–Crippen LogP) is 2.32. The number of nitrogens with zero attached hydrogens (tertiary/aromatic N) is 2. The smallest absolute Gasteiger partial charge is 0.310 e. The predicted molar refractivity (Wildman–Crippen MR) is 102 cm³/mol. The van der Waals surface area contributed by atoms with Gasteiger partial charge in [0.05, 0.1) is 18.9 Å². The number of methoxy groups -OCH3 is 1. The number of aryl methyl sites for hydroxylation is 2. The topological polar surface area (TPSA) is 66.9 Å². The Morgan fingerprint density at radius 2 is 2.00 bits per heavy atom. The average molecular weight is 372 g/mol. The summed E-state index contributed by atoms with van der Waals surface area (Å²) in [5, 5.41) is 0. The van der Waals surface area contributed by atoms with Gasteiger partial charge in [0.25, 0.3) is 0 Å². The molecule has 27 heavy (non-hydrogen) atoms. The lowest BCUT2D eigenvalue weighted by Gasteiger charge is -2.33. The lowest BCUT2D eigenvalue weighted by Crippen LogP contribution is -2.45. The fourth-order valence-corrected chi connectivity index (χ4v) is 4.27. The Balaban J connectivity index is 1.74. The van der Waals surface area contributed by atoms with Crippen LogP contribution in [0.25, 0.3) is 0 Å². The summed E-state index contributed by atoms with van der Waals surface area (Å²) in [6, 6.07) is 6.04. The molecule has 2 saturated heterocycles. The molecule has 0 radical (unpaired) electrons. The van der Waals surface area contributed by atoms with Crippen molar-refractivity contribution in [3.05, 3.63) is 29.3 Å². The van der Waals surface area contributed by atoms with Gasteiger partial charge < -0.3 is 14.5 Å². The number of carbonyl (C=O) groups excluding carboxylic acids is 3. The maximum atomic E-state index is 13.0. The zero-order valence-electron chi connectivity index (χ0n) is 16.4. The van der Waals surface area contributed by atoms with Crippen LogP contribution in [0.2, 0.25) is 0 Å². The Bertz CT molecular complexity index is 746. The van der Waals surface area contributed by atoms with Crippen LogP contribution >= 0.6 is 0 Å². The van der Waals surface area contributed by atoms with Gasteiger partial charge in [-0.3, -0.25) is 14.4 Å². The molecule has 6 nitrogen and oxygen atoms in total. The van der Waals surface area contributed by atoms with Crippen molar-refractivity contribution in [3.63, 3.8) is 0 Å². The summed E-state index contributed by atoms with van der Waals surface area (Å²) < 4.78 is 4.83. The molecule has 3 rings (SSSR count).